The van der Waals surface area contributed by atoms with Crippen LogP contribution >= 0.6 is 11.3 Å². The van der Waals surface area contributed by atoms with Crippen molar-refractivity contribution < 1.29 is 19.4 Å². The number of carbonyl (C=O) groups excluding carboxylic acids is 2. The Morgan fingerprint density at radius 3 is 2.69 bits per heavy atom. The van der Waals surface area contributed by atoms with Crippen LogP contribution < -0.4 is 10.5 Å². The lowest BCUT2D eigenvalue weighted by atomic mass is 9.92. The molecule has 35 heavy (non-hydrogen) atoms. The predicted molar refractivity (Wildman–Crippen MR) is 133 cm³/mol. The molecule has 2 fully saturated rings. The lowest BCUT2D eigenvalue weighted by molar-refractivity contribution is -0.131. The van der Waals surface area contributed by atoms with Crippen molar-refractivity contribution in [3.05, 3.63) is 16.8 Å². The van der Waals surface area contributed by atoms with Gasteiger partial charge < -0.3 is 20.5 Å². The van der Waals surface area contributed by atoms with Crippen LogP contribution in [-0.2, 0) is 16.0 Å². The topological polar surface area (TPSA) is 122 Å². The number of likely N-dealkylation sites (tertiary alicyclic amines) is 1. The van der Waals surface area contributed by atoms with Crippen LogP contribution in [0.4, 0.5) is 0 Å². The molecule has 3 aliphatic rings. The highest BCUT2D eigenvalue weighted by molar-refractivity contribution is 7.19. The molecular weight excluding hydrogens is 466 g/mol. The molecule has 0 radical (unpaired) electrons. The summed E-state index contributed by atoms with van der Waals surface area (Å²) in [6.07, 6.45) is 8.60. The molecule has 5 rings (SSSR count). The molecule has 190 valence electrons. The highest BCUT2D eigenvalue weighted by atomic mass is 32.1. The number of amides is 2. The van der Waals surface area contributed by atoms with E-state index >= 15 is 0 Å². The van der Waals surface area contributed by atoms with Crippen LogP contribution in [0.2, 0.25) is 0 Å². The monoisotopic (exact) mass is 501 g/mol. The van der Waals surface area contributed by atoms with Gasteiger partial charge in [-0.3, -0.25) is 14.5 Å². The number of primary amides is 1. The maximum Gasteiger partial charge on any atom is 0.246 e. The molecule has 1 aliphatic heterocycles. The minimum Gasteiger partial charge on any atom is -0.474 e. The Morgan fingerprint density at radius 2 is 1.97 bits per heavy atom. The third kappa shape index (κ3) is 5.15. The van der Waals surface area contributed by atoms with Crippen LogP contribution in [0.5, 0.6) is 5.88 Å². The van der Waals surface area contributed by atoms with Crippen molar-refractivity contribution in [3.63, 3.8) is 0 Å². The first-order valence-corrected chi connectivity index (χ1v) is 13.6. The Bertz CT molecular complexity index is 1080. The van der Waals surface area contributed by atoms with Gasteiger partial charge in [-0.25, -0.2) is 9.97 Å². The van der Waals surface area contributed by atoms with E-state index in [2.05, 4.69) is 21.9 Å². The molecule has 2 atom stereocenters. The van der Waals surface area contributed by atoms with E-state index in [0.29, 0.717) is 24.9 Å². The molecule has 0 unspecified atom stereocenters. The molecule has 9 nitrogen and oxygen atoms in total. The molecule has 0 bridgehead atoms. The van der Waals surface area contributed by atoms with Crippen molar-refractivity contribution in [1.29, 1.82) is 0 Å². The zero-order valence-corrected chi connectivity index (χ0v) is 21.1. The fourth-order valence-corrected chi connectivity index (χ4v) is 7.15. The molecule has 3 heterocycles. The van der Waals surface area contributed by atoms with E-state index in [4.69, 9.17) is 10.5 Å². The Balaban J connectivity index is 1.23. The fraction of sp³-hybridized carbons (Fsp3) is 0.680. The number of likely N-dealkylation sites (N-methyl/N-ethyl adjacent to an activating group) is 1. The summed E-state index contributed by atoms with van der Waals surface area (Å²) in [6.45, 7) is 2.28. The Kier molecular flexibility index (Phi) is 7.22. The second-order valence-corrected chi connectivity index (χ2v) is 11.3. The van der Waals surface area contributed by atoms with Gasteiger partial charge in [0.15, 0.2) is 0 Å². The first-order chi connectivity index (χ1) is 16.9. The maximum atomic E-state index is 12.5. The molecule has 0 spiro atoms. The number of aryl methyl sites for hydroxylation is 1. The summed E-state index contributed by atoms with van der Waals surface area (Å²) >= 11 is 1.65. The SMILES string of the molecule is CN(CC(=O)N1CCCC1)[C@H]1CC[C@H](Oc2ncnc3sc4c(c23)[C@@H](C[C@H](O)C(N)=O)CC4)CC1. The molecule has 2 amide bonds. The Morgan fingerprint density at radius 1 is 1.23 bits per heavy atom. The fourth-order valence-electron chi connectivity index (χ4n) is 5.92. The Hall–Kier alpha value is -2.30. The van der Waals surface area contributed by atoms with Crippen LogP contribution in [-0.4, -0.2) is 81.6 Å². The van der Waals surface area contributed by atoms with Gasteiger partial charge in [0.2, 0.25) is 17.7 Å². The lowest BCUT2D eigenvalue weighted by Crippen LogP contribution is -2.44. The summed E-state index contributed by atoms with van der Waals surface area (Å²) in [5, 5.41) is 11.0. The van der Waals surface area contributed by atoms with Gasteiger partial charge >= 0.3 is 0 Å². The average Bonchev–Trinajstić information content (AvgIpc) is 3.58. The number of hydrogen-bond acceptors (Lipinski definition) is 8. The number of ether oxygens (including phenoxy) is 1. The predicted octanol–water partition coefficient (Wildman–Crippen LogP) is 2.20. The first kappa shape index (κ1) is 24.4. The lowest BCUT2D eigenvalue weighted by Gasteiger charge is -2.35. The van der Waals surface area contributed by atoms with Crippen LogP contribution in [0.15, 0.2) is 6.33 Å². The molecule has 1 saturated carbocycles. The summed E-state index contributed by atoms with van der Waals surface area (Å²) in [6, 6.07) is 0.386. The van der Waals surface area contributed by atoms with Crippen molar-refractivity contribution in [3.8, 4) is 5.88 Å². The van der Waals surface area contributed by atoms with E-state index in [1.807, 2.05) is 4.90 Å². The number of aliphatic hydroxyl groups excluding tert-OH is 1. The Labute approximate surface area is 209 Å². The number of aromatic nitrogens is 2. The zero-order valence-electron chi connectivity index (χ0n) is 20.3. The van der Waals surface area contributed by atoms with Crippen molar-refractivity contribution >= 4 is 33.4 Å². The maximum absolute atomic E-state index is 12.5. The molecule has 10 heteroatoms. The smallest absolute Gasteiger partial charge is 0.246 e. The van der Waals surface area contributed by atoms with Crippen molar-refractivity contribution in [2.75, 3.05) is 26.7 Å². The van der Waals surface area contributed by atoms with E-state index in [9.17, 15) is 14.7 Å². The van der Waals surface area contributed by atoms with E-state index < -0.39 is 12.0 Å². The van der Waals surface area contributed by atoms with Crippen LogP contribution in [0.1, 0.15) is 67.7 Å². The number of carbonyl (C=O) groups is 2. The van der Waals surface area contributed by atoms with Gasteiger partial charge in [-0.2, -0.15) is 0 Å². The number of nitrogens with two attached hydrogens (primary N) is 1. The van der Waals surface area contributed by atoms with Gasteiger partial charge in [0.25, 0.3) is 0 Å². The normalized spacial score (nSPS) is 25.2. The average molecular weight is 502 g/mol. The van der Waals surface area contributed by atoms with Crippen LogP contribution in [0.25, 0.3) is 10.2 Å². The molecule has 2 aromatic heterocycles. The van der Waals surface area contributed by atoms with E-state index in [0.717, 1.165) is 80.2 Å². The summed E-state index contributed by atoms with van der Waals surface area (Å²) in [5.74, 6) is 0.213. The molecule has 0 aromatic carbocycles. The summed E-state index contributed by atoms with van der Waals surface area (Å²) in [7, 11) is 2.06. The molecule has 3 N–H and O–H groups in total. The molecule has 2 aromatic rings. The van der Waals surface area contributed by atoms with Gasteiger partial charge in [0.05, 0.1) is 11.9 Å². The standard InChI is InChI=1S/C25H35N5O4S/c1-29(13-20(32)30-10-2-3-11-30)16-5-7-17(8-6-16)34-24-22-21-15(12-18(31)23(26)33)4-9-19(21)35-25(22)28-14-27-24/h14-18,31H,2-13H2,1H3,(H2,26,33)/t15-,16-,17-,18+/m1/s1. The van der Waals surface area contributed by atoms with E-state index in [1.165, 1.54) is 4.88 Å². The van der Waals surface area contributed by atoms with Gasteiger partial charge in [0.1, 0.15) is 23.4 Å². The number of aliphatic hydroxyl groups is 1. The number of thiophene rings is 1. The van der Waals surface area contributed by atoms with Crippen LogP contribution in [0.3, 0.4) is 0 Å². The summed E-state index contributed by atoms with van der Waals surface area (Å²) in [5.41, 5.74) is 6.43. The van der Waals surface area contributed by atoms with E-state index in [1.54, 1.807) is 17.7 Å². The summed E-state index contributed by atoms with van der Waals surface area (Å²) < 4.78 is 6.45. The minimum atomic E-state index is -1.15. The third-order valence-electron chi connectivity index (χ3n) is 7.92. The molecule has 1 saturated heterocycles. The number of hydrogen-bond donors (Lipinski definition) is 2. The number of nitrogens with zero attached hydrogens (tertiary/aromatic N) is 4. The second-order valence-electron chi connectivity index (χ2n) is 10.2. The minimum absolute atomic E-state index is 0.0483. The molecular formula is C25H35N5O4S. The van der Waals surface area contributed by atoms with Gasteiger partial charge in [0, 0.05) is 24.0 Å². The highest BCUT2D eigenvalue weighted by Gasteiger charge is 2.34. The van der Waals surface area contributed by atoms with Gasteiger partial charge in [-0.1, -0.05) is 0 Å². The van der Waals surface area contributed by atoms with Crippen molar-refractivity contribution in [2.45, 2.75) is 82.0 Å². The zero-order chi connectivity index (χ0) is 24.5. The number of fused-ring (bicyclic) bond motifs is 3. The quantitative estimate of drug-likeness (QED) is 0.569. The first-order valence-electron chi connectivity index (χ1n) is 12.8. The number of rotatable bonds is 8. The molecule has 2 aliphatic carbocycles. The van der Waals surface area contributed by atoms with Crippen molar-refractivity contribution in [1.82, 2.24) is 19.8 Å². The largest absolute Gasteiger partial charge is 0.474 e. The highest BCUT2D eigenvalue weighted by Crippen LogP contribution is 2.47. The van der Waals surface area contributed by atoms with Crippen molar-refractivity contribution in [2.24, 2.45) is 5.73 Å². The van der Waals surface area contributed by atoms with Crippen LogP contribution in [0, 0.1) is 0 Å². The second kappa shape index (κ2) is 10.4. The van der Waals surface area contributed by atoms with Gasteiger partial charge in [-0.15, -0.1) is 11.3 Å². The van der Waals surface area contributed by atoms with E-state index in [-0.39, 0.29) is 17.9 Å². The van der Waals surface area contributed by atoms with Gasteiger partial charge in [-0.05, 0) is 76.3 Å². The summed E-state index contributed by atoms with van der Waals surface area (Å²) in [4.78, 5) is 39.3. The third-order valence-corrected chi connectivity index (χ3v) is 9.09.